The minimum atomic E-state index is -3.33. The third-order valence-electron chi connectivity index (χ3n) is 5.14. The fourth-order valence-corrected chi connectivity index (χ4v) is 5.16. The maximum atomic E-state index is 12.7. The van der Waals surface area contributed by atoms with Crippen LogP contribution in [0.15, 0.2) is 40.2 Å². The van der Waals surface area contributed by atoms with E-state index in [9.17, 15) is 8.42 Å². The van der Waals surface area contributed by atoms with Crippen molar-refractivity contribution in [2.45, 2.75) is 63.4 Å². The molecule has 1 atom stereocenters. The Morgan fingerprint density at radius 3 is 2.43 bits per heavy atom. The van der Waals surface area contributed by atoms with Crippen LogP contribution in [-0.4, -0.2) is 63.3 Å². The summed E-state index contributed by atoms with van der Waals surface area (Å²) in [5, 5.41) is 6.89. The zero-order chi connectivity index (χ0) is 20.4. The highest BCUT2D eigenvalue weighted by atomic mass is 32.2. The third kappa shape index (κ3) is 7.09. The van der Waals surface area contributed by atoms with Gasteiger partial charge in [0.25, 0.3) is 0 Å². The number of hydrogen-bond acceptors (Lipinski definition) is 4. The van der Waals surface area contributed by atoms with E-state index in [0.29, 0.717) is 23.9 Å². The average Bonchev–Trinajstić information content (AvgIpc) is 2.70. The molecule has 2 rings (SSSR count). The van der Waals surface area contributed by atoms with Crippen molar-refractivity contribution in [2.75, 3.05) is 31.9 Å². The molecule has 0 bridgehead atoms. The van der Waals surface area contributed by atoms with E-state index in [0.717, 1.165) is 38.4 Å². The van der Waals surface area contributed by atoms with E-state index in [1.165, 1.54) is 6.42 Å². The van der Waals surface area contributed by atoms with Crippen LogP contribution in [0.2, 0.25) is 0 Å². The predicted octanol–water partition coefficient (Wildman–Crippen LogP) is 2.67. The van der Waals surface area contributed by atoms with Gasteiger partial charge in [-0.25, -0.2) is 8.42 Å². The molecule has 158 valence electrons. The molecule has 1 unspecified atom stereocenters. The SMILES string of the molecule is CCCN1CCC(NC(=NCC)NC(CC)CS(=O)(=O)c2ccccc2)CC1. The number of hydrogen-bond donors (Lipinski definition) is 2. The van der Waals surface area contributed by atoms with Crippen LogP contribution in [0, 0.1) is 0 Å². The summed E-state index contributed by atoms with van der Waals surface area (Å²) in [5.74, 6) is 0.791. The van der Waals surface area contributed by atoms with Gasteiger partial charge in [-0.05, 0) is 51.3 Å². The number of rotatable bonds is 9. The van der Waals surface area contributed by atoms with Crippen molar-refractivity contribution in [1.82, 2.24) is 15.5 Å². The quantitative estimate of drug-likeness (QED) is 0.485. The van der Waals surface area contributed by atoms with Gasteiger partial charge < -0.3 is 15.5 Å². The summed E-state index contributed by atoms with van der Waals surface area (Å²) in [6.07, 6.45) is 4.08. The summed E-state index contributed by atoms with van der Waals surface area (Å²) in [4.78, 5) is 7.43. The Balaban J connectivity index is 1.95. The first-order valence-corrected chi connectivity index (χ1v) is 12.2. The summed E-state index contributed by atoms with van der Waals surface area (Å²) >= 11 is 0. The van der Waals surface area contributed by atoms with Crippen LogP contribution in [0.3, 0.4) is 0 Å². The van der Waals surface area contributed by atoms with Gasteiger partial charge in [-0.3, -0.25) is 4.99 Å². The van der Waals surface area contributed by atoms with Crippen LogP contribution in [0.25, 0.3) is 0 Å². The second kappa shape index (κ2) is 11.4. The van der Waals surface area contributed by atoms with Gasteiger partial charge in [0.1, 0.15) is 0 Å². The lowest BCUT2D eigenvalue weighted by atomic mass is 10.1. The third-order valence-corrected chi connectivity index (χ3v) is 6.97. The molecule has 1 saturated heterocycles. The number of piperidine rings is 1. The van der Waals surface area contributed by atoms with Gasteiger partial charge in [-0.15, -0.1) is 0 Å². The lowest BCUT2D eigenvalue weighted by Gasteiger charge is -2.33. The second-order valence-electron chi connectivity index (χ2n) is 7.43. The Bertz CT molecular complexity index is 698. The highest BCUT2D eigenvalue weighted by Gasteiger charge is 2.23. The van der Waals surface area contributed by atoms with Crippen LogP contribution >= 0.6 is 0 Å². The molecule has 1 aromatic rings. The Morgan fingerprint density at radius 2 is 1.86 bits per heavy atom. The van der Waals surface area contributed by atoms with Gasteiger partial charge >= 0.3 is 0 Å². The molecular weight excluding hydrogens is 372 g/mol. The molecule has 0 radical (unpaired) electrons. The van der Waals surface area contributed by atoms with E-state index < -0.39 is 9.84 Å². The molecule has 1 aliphatic rings. The van der Waals surface area contributed by atoms with E-state index in [1.807, 2.05) is 19.9 Å². The molecule has 0 spiro atoms. The van der Waals surface area contributed by atoms with E-state index in [-0.39, 0.29) is 11.8 Å². The first kappa shape index (κ1) is 22.7. The normalized spacial score (nSPS) is 18.0. The van der Waals surface area contributed by atoms with Crippen molar-refractivity contribution in [3.8, 4) is 0 Å². The summed E-state index contributed by atoms with van der Waals surface area (Å²) in [7, 11) is -3.33. The topological polar surface area (TPSA) is 73.8 Å². The molecule has 0 aliphatic carbocycles. The Kier molecular flexibility index (Phi) is 9.25. The lowest BCUT2D eigenvalue weighted by Crippen LogP contribution is -2.52. The van der Waals surface area contributed by atoms with Crippen molar-refractivity contribution >= 4 is 15.8 Å². The average molecular weight is 409 g/mol. The molecule has 1 heterocycles. The molecule has 1 aromatic carbocycles. The smallest absolute Gasteiger partial charge is 0.191 e. The Hall–Kier alpha value is -1.60. The van der Waals surface area contributed by atoms with Gasteiger partial charge in [0.15, 0.2) is 15.8 Å². The number of benzene rings is 1. The van der Waals surface area contributed by atoms with E-state index in [4.69, 9.17) is 0 Å². The lowest BCUT2D eigenvalue weighted by molar-refractivity contribution is 0.206. The Labute approximate surface area is 170 Å². The molecular formula is C21H36N4O2S. The minimum Gasteiger partial charge on any atom is -0.354 e. The first-order chi connectivity index (χ1) is 13.5. The van der Waals surface area contributed by atoms with Crippen molar-refractivity contribution in [2.24, 2.45) is 4.99 Å². The van der Waals surface area contributed by atoms with Gasteiger partial charge in [0, 0.05) is 31.7 Å². The standard InChI is InChI=1S/C21H36N4O2S/c1-4-14-25-15-12-19(13-16-25)24-21(22-6-3)23-18(5-2)17-28(26,27)20-10-8-7-9-11-20/h7-11,18-19H,4-6,12-17H2,1-3H3,(H2,22,23,24). The number of aliphatic imine (C=N–C) groups is 1. The van der Waals surface area contributed by atoms with Gasteiger partial charge in [0.2, 0.25) is 0 Å². The molecule has 6 nitrogen and oxygen atoms in total. The number of nitrogens with one attached hydrogen (secondary N) is 2. The fourth-order valence-electron chi connectivity index (χ4n) is 3.55. The highest BCUT2D eigenvalue weighted by molar-refractivity contribution is 7.91. The van der Waals surface area contributed by atoms with Gasteiger partial charge in [-0.1, -0.05) is 32.0 Å². The Morgan fingerprint density at radius 1 is 1.18 bits per heavy atom. The molecule has 0 amide bonds. The molecule has 1 aliphatic heterocycles. The number of guanidine groups is 1. The predicted molar refractivity (Wildman–Crippen MR) is 117 cm³/mol. The minimum absolute atomic E-state index is 0.0624. The fraction of sp³-hybridized carbons (Fsp3) is 0.667. The summed E-state index contributed by atoms with van der Waals surface area (Å²) in [6.45, 7) is 10.2. The zero-order valence-corrected chi connectivity index (χ0v) is 18.3. The number of sulfone groups is 1. The van der Waals surface area contributed by atoms with Crippen molar-refractivity contribution in [3.63, 3.8) is 0 Å². The van der Waals surface area contributed by atoms with E-state index >= 15 is 0 Å². The maximum Gasteiger partial charge on any atom is 0.191 e. The van der Waals surface area contributed by atoms with Crippen LogP contribution in [-0.2, 0) is 9.84 Å². The van der Waals surface area contributed by atoms with Crippen molar-refractivity contribution in [1.29, 1.82) is 0 Å². The monoisotopic (exact) mass is 408 g/mol. The molecule has 0 aromatic heterocycles. The van der Waals surface area contributed by atoms with Crippen LogP contribution in [0.4, 0.5) is 0 Å². The molecule has 1 fully saturated rings. The van der Waals surface area contributed by atoms with E-state index in [2.05, 4.69) is 27.4 Å². The highest BCUT2D eigenvalue weighted by Crippen LogP contribution is 2.13. The second-order valence-corrected chi connectivity index (χ2v) is 9.46. The summed E-state index contributed by atoms with van der Waals surface area (Å²) in [5.41, 5.74) is 0. The van der Waals surface area contributed by atoms with Crippen LogP contribution in [0.1, 0.15) is 46.5 Å². The largest absolute Gasteiger partial charge is 0.354 e. The molecule has 28 heavy (non-hydrogen) atoms. The zero-order valence-electron chi connectivity index (χ0n) is 17.5. The summed E-state index contributed by atoms with van der Waals surface area (Å²) in [6, 6.07) is 8.88. The van der Waals surface area contributed by atoms with Gasteiger partial charge in [0.05, 0.1) is 10.6 Å². The summed E-state index contributed by atoms with van der Waals surface area (Å²) < 4.78 is 25.4. The van der Waals surface area contributed by atoms with E-state index in [1.54, 1.807) is 24.3 Å². The molecule has 0 saturated carbocycles. The maximum absolute atomic E-state index is 12.7. The number of likely N-dealkylation sites (tertiary alicyclic amines) is 1. The molecule has 7 heteroatoms. The van der Waals surface area contributed by atoms with Crippen LogP contribution < -0.4 is 10.6 Å². The van der Waals surface area contributed by atoms with Crippen LogP contribution in [0.5, 0.6) is 0 Å². The molecule has 2 N–H and O–H groups in total. The number of nitrogens with zero attached hydrogens (tertiary/aromatic N) is 2. The van der Waals surface area contributed by atoms with Crippen molar-refractivity contribution in [3.05, 3.63) is 30.3 Å². The van der Waals surface area contributed by atoms with Crippen molar-refractivity contribution < 1.29 is 8.42 Å². The first-order valence-electron chi connectivity index (χ1n) is 10.6. The van der Waals surface area contributed by atoms with Gasteiger partial charge in [-0.2, -0.15) is 0 Å².